The van der Waals surface area contributed by atoms with Crippen LogP contribution in [0.5, 0.6) is 5.75 Å². The van der Waals surface area contributed by atoms with Gasteiger partial charge in [-0.25, -0.2) is 4.68 Å². The fraction of sp³-hybridized carbons (Fsp3) is 0.158. The molecule has 1 amide bonds. The summed E-state index contributed by atoms with van der Waals surface area (Å²) in [5.74, 6) is 0.930. The number of amides is 1. The number of nitrogens with zero attached hydrogens (tertiary/aromatic N) is 2. The zero-order valence-corrected chi connectivity index (χ0v) is 15.8. The number of nitrogens with one attached hydrogen (secondary N) is 1. The molecule has 0 aliphatic rings. The quantitative estimate of drug-likeness (QED) is 0.490. The van der Waals surface area contributed by atoms with Crippen molar-refractivity contribution in [3.8, 4) is 11.4 Å². The number of hydrogen-bond acceptors (Lipinski definition) is 4. The van der Waals surface area contributed by atoms with Gasteiger partial charge in [-0.15, -0.1) is 11.8 Å². The average Bonchev–Trinajstić information content (AvgIpc) is 3.12. The maximum absolute atomic E-state index is 12.4. The van der Waals surface area contributed by atoms with E-state index in [9.17, 15) is 4.79 Å². The van der Waals surface area contributed by atoms with E-state index in [-0.39, 0.29) is 11.6 Å². The van der Waals surface area contributed by atoms with Crippen molar-refractivity contribution in [1.29, 1.82) is 0 Å². The summed E-state index contributed by atoms with van der Waals surface area (Å²) in [6.07, 6.45) is 1.70. The van der Waals surface area contributed by atoms with E-state index in [0.29, 0.717) is 17.3 Å². The Morgan fingerprint density at radius 3 is 2.62 bits per heavy atom. The lowest BCUT2D eigenvalue weighted by molar-refractivity contribution is 0.0948. The highest BCUT2D eigenvalue weighted by atomic mass is 35.5. The first kappa shape index (κ1) is 18.4. The minimum atomic E-state index is -0.256. The second kappa shape index (κ2) is 8.78. The highest BCUT2D eigenvalue weighted by molar-refractivity contribution is 7.99. The molecule has 3 rings (SSSR count). The Morgan fingerprint density at radius 2 is 1.92 bits per heavy atom. The molecule has 0 atom stereocenters. The van der Waals surface area contributed by atoms with Gasteiger partial charge in [0.05, 0.1) is 19.0 Å². The molecule has 0 unspecified atom stereocenters. The molecule has 5 nitrogen and oxygen atoms in total. The van der Waals surface area contributed by atoms with Crippen LogP contribution in [0.1, 0.15) is 10.5 Å². The normalized spacial score (nSPS) is 10.5. The van der Waals surface area contributed by atoms with Crippen LogP contribution >= 0.6 is 23.4 Å². The van der Waals surface area contributed by atoms with E-state index in [1.807, 2.05) is 54.6 Å². The van der Waals surface area contributed by atoms with Crippen LogP contribution in [-0.4, -0.2) is 35.1 Å². The minimum Gasteiger partial charge on any atom is -0.493 e. The third kappa shape index (κ3) is 4.59. The summed E-state index contributed by atoms with van der Waals surface area (Å²) in [4.78, 5) is 13.5. The molecule has 1 heterocycles. The number of aromatic nitrogens is 2. The van der Waals surface area contributed by atoms with Crippen molar-refractivity contribution >= 4 is 29.3 Å². The molecule has 0 radical (unpaired) electrons. The summed E-state index contributed by atoms with van der Waals surface area (Å²) in [6, 6.07) is 17.2. The molecule has 0 bridgehead atoms. The zero-order valence-electron chi connectivity index (χ0n) is 14.2. The molecule has 7 heteroatoms. The molecule has 2 aromatic carbocycles. The summed E-state index contributed by atoms with van der Waals surface area (Å²) >= 11 is 7.52. The molecule has 26 heavy (non-hydrogen) atoms. The van der Waals surface area contributed by atoms with Gasteiger partial charge in [0.2, 0.25) is 0 Å². The number of hydrogen-bond donors (Lipinski definition) is 1. The predicted molar refractivity (Wildman–Crippen MR) is 105 cm³/mol. The van der Waals surface area contributed by atoms with Gasteiger partial charge in [0.1, 0.15) is 0 Å². The van der Waals surface area contributed by atoms with E-state index in [1.54, 1.807) is 22.6 Å². The van der Waals surface area contributed by atoms with Gasteiger partial charge in [0.15, 0.2) is 11.4 Å². The number of thioether (sulfide) groups is 1. The monoisotopic (exact) mass is 387 g/mol. The number of para-hydroxylation sites is 1. The summed E-state index contributed by atoms with van der Waals surface area (Å²) in [5.41, 5.74) is 1.14. The van der Waals surface area contributed by atoms with Gasteiger partial charge in [-0.2, -0.15) is 5.10 Å². The molecule has 0 aliphatic carbocycles. The molecule has 134 valence electrons. The first-order chi connectivity index (χ1) is 12.7. The molecule has 1 aromatic heterocycles. The van der Waals surface area contributed by atoms with Crippen LogP contribution in [0.2, 0.25) is 5.02 Å². The molecular formula is C19H18ClN3O2S. The van der Waals surface area contributed by atoms with Crippen LogP contribution in [0.3, 0.4) is 0 Å². The van der Waals surface area contributed by atoms with Gasteiger partial charge < -0.3 is 10.1 Å². The lowest BCUT2D eigenvalue weighted by Crippen LogP contribution is -2.26. The number of carbonyl (C=O) groups excluding carboxylic acids is 1. The maximum atomic E-state index is 12.4. The standard InChI is InChI=1S/C19H18ClN3O2S/c1-25-17-13-23(15-5-3-2-4-6-15)22-18(17)19(24)21-11-12-26-16-9-7-14(20)8-10-16/h2-10,13H,11-12H2,1H3,(H,21,24). The van der Waals surface area contributed by atoms with E-state index in [2.05, 4.69) is 10.4 Å². The smallest absolute Gasteiger partial charge is 0.275 e. The van der Waals surface area contributed by atoms with Gasteiger partial charge in [0, 0.05) is 22.2 Å². The Morgan fingerprint density at radius 1 is 1.19 bits per heavy atom. The third-order valence-electron chi connectivity index (χ3n) is 3.61. The summed E-state index contributed by atoms with van der Waals surface area (Å²) in [5, 5.41) is 7.95. The molecule has 0 fully saturated rings. The topological polar surface area (TPSA) is 56.2 Å². The van der Waals surface area contributed by atoms with Crippen LogP contribution < -0.4 is 10.1 Å². The first-order valence-corrected chi connectivity index (χ1v) is 9.39. The van der Waals surface area contributed by atoms with Gasteiger partial charge in [-0.1, -0.05) is 29.8 Å². The highest BCUT2D eigenvalue weighted by Crippen LogP contribution is 2.21. The van der Waals surface area contributed by atoms with Gasteiger partial charge in [0.25, 0.3) is 5.91 Å². The van der Waals surface area contributed by atoms with Crippen molar-refractivity contribution in [3.05, 3.63) is 71.5 Å². The average molecular weight is 388 g/mol. The fourth-order valence-electron chi connectivity index (χ4n) is 2.33. The minimum absolute atomic E-state index is 0.256. The Hall–Kier alpha value is -2.44. The van der Waals surface area contributed by atoms with E-state index >= 15 is 0 Å². The van der Waals surface area contributed by atoms with Crippen LogP contribution in [0.15, 0.2) is 65.7 Å². The molecular weight excluding hydrogens is 370 g/mol. The van der Waals surface area contributed by atoms with E-state index < -0.39 is 0 Å². The highest BCUT2D eigenvalue weighted by Gasteiger charge is 2.17. The lowest BCUT2D eigenvalue weighted by atomic mass is 10.3. The SMILES string of the molecule is COc1cn(-c2ccccc2)nc1C(=O)NCCSc1ccc(Cl)cc1. The summed E-state index contributed by atoms with van der Waals surface area (Å²) in [6.45, 7) is 0.521. The van der Waals surface area contributed by atoms with Crippen molar-refractivity contribution in [2.45, 2.75) is 4.90 Å². The number of benzene rings is 2. The number of rotatable bonds is 7. The van der Waals surface area contributed by atoms with Crippen LogP contribution in [0, 0.1) is 0 Å². The van der Waals surface area contributed by atoms with Crippen molar-refractivity contribution in [3.63, 3.8) is 0 Å². The second-order valence-corrected chi connectivity index (χ2v) is 6.99. The Balaban J connectivity index is 1.59. The molecule has 0 saturated carbocycles. The van der Waals surface area contributed by atoms with Crippen LogP contribution in [-0.2, 0) is 0 Å². The Labute approximate surface area is 161 Å². The van der Waals surface area contributed by atoms with E-state index in [4.69, 9.17) is 16.3 Å². The second-order valence-electron chi connectivity index (χ2n) is 5.38. The predicted octanol–water partition coefficient (Wildman–Crippen LogP) is 4.06. The molecule has 0 saturated heterocycles. The van der Waals surface area contributed by atoms with Crippen molar-refractivity contribution in [1.82, 2.24) is 15.1 Å². The molecule has 1 N–H and O–H groups in total. The third-order valence-corrected chi connectivity index (χ3v) is 4.87. The lowest BCUT2D eigenvalue weighted by Gasteiger charge is -2.05. The number of halogens is 1. The van der Waals surface area contributed by atoms with E-state index in [1.165, 1.54) is 7.11 Å². The van der Waals surface area contributed by atoms with E-state index in [0.717, 1.165) is 16.3 Å². The fourth-order valence-corrected chi connectivity index (χ4v) is 3.22. The van der Waals surface area contributed by atoms with Crippen LogP contribution in [0.4, 0.5) is 0 Å². The molecule has 0 spiro atoms. The number of carbonyl (C=O) groups is 1. The largest absolute Gasteiger partial charge is 0.493 e. The summed E-state index contributed by atoms with van der Waals surface area (Å²) in [7, 11) is 1.53. The number of methoxy groups -OCH3 is 1. The molecule has 3 aromatic rings. The maximum Gasteiger partial charge on any atom is 0.275 e. The van der Waals surface area contributed by atoms with Crippen molar-refractivity contribution in [2.24, 2.45) is 0 Å². The van der Waals surface area contributed by atoms with Gasteiger partial charge in [-0.05, 0) is 36.4 Å². The van der Waals surface area contributed by atoms with Gasteiger partial charge in [-0.3, -0.25) is 4.79 Å². The molecule has 0 aliphatic heterocycles. The Bertz CT molecular complexity index is 866. The van der Waals surface area contributed by atoms with Crippen molar-refractivity contribution < 1.29 is 9.53 Å². The zero-order chi connectivity index (χ0) is 18.4. The Kier molecular flexibility index (Phi) is 6.20. The first-order valence-electron chi connectivity index (χ1n) is 8.03. The van der Waals surface area contributed by atoms with Crippen molar-refractivity contribution in [2.75, 3.05) is 19.4 Å². The number of ether oxygens (including phenoxy) is 1. The van der Waals surface area contributed by atoms with Crippen LogP contribution in [0.25, 0.3) is 5.69 Å². The van der Waals surface area contributed by atoms with Gasteiger partial charge >= 0.3 is 0 Å². The summed E-state index contributed by atoms with van der Waals surface area (Å²) < 4.78 is 6.93.